The highest BCUT2D eigenvalue weighted by molar-refractivity contribution is 8.02. The van der Waals surface area contributed by atoms with E-state index in [1.807, 2.05) is 62.4 Å². The zero-order valence-corrected chi connectivity index (χ0v) is 25.8. The van der Waals surface area contributed by atoms with Crippen LogP contribution in [0.5, 0.6) is 0 Å². The highest BCUT2D eigenvalue weighted by atomic mass is 32.2. The Morgan fingerprint density at radius 2 is 1.79 bits per heavy atom. The van der Waals surface area contributed by atoms with Gasteiger partial charge in [-0.15, -0.1) is 24.9 Å². The molecule has 3 saturated heterocycles. The summed E-state index contributed by atoms with van der Waals surface area (Å²) in [7, 11) is 1.74. The predicted octanol–water partition coefficient (Wildman–Crippen LogP) is 4.68. The molecule has 0 aliphatic carbocycles. The first-order valence-corrected chi connectivity index (χ1v) is 15.4. The quantitative estimate of drug-likeness (QED) is 0.409. The van der Waals surface area contributed by atoms with Gasteiger partial charge in [-0.1, -0.05) is 54.6 Å². The molecule has 1 N–H and O–H groups in total. The number of nitrogens with zero attached hydrogens (tertiary/aromatic N) is 3. The van der Waals surface area contributed by atoms with Gasteiger partial charge >= 0.3 is 0 Å². The van der Waals surface area contributed by atoms with Crippen LogP contribution in [-0.4, -0.2) is 74.9 Å². The summed E-state index contributed by atoms with van der Waals surface area (Å²) in [6.45, 7) is 14.1. The van der Waals surface area contributed by atoms with Crippen LogP contribution < -0.4 is 4.90 Å². The highest BCUT2D eigenvalue weighted by Gasteiger charge is 2.78. The summed E-state index contributed by atoms with van der Waals surface area (Å²) in [5.41, 5.74) is 3.48. The molecule has 7 nitrogen and oxygen atoms in total. The summed E-state index contributed by atoms with van der Waals surface area (Å²) < 4.78 is -1.29. The van der Waals surface area contributed by atoms with Gasteiger partial charge < -0.3 is 19.8 Å². The number of amides is 3. The average Bonchev–Trinajstić information content (AvgIpc) is 3.54. The van der Waals surface area contributed by atoms with Crippen LogP contribution in [0.3, 0.4) is 0 Å². The molecule has 2 bridgehead atoms. The molecule has 0 radical (unpaired) electrons. The van der Waals surface area contributed by atoms with Gasteiger partial charge in [0.25, 0.3) is 5.91 Å². The van der Waals surface area contributed by atoms with Crippen molar-refractivity contribution in [1.29, 1.82) is 0 Å². The molecule has 222 valence electrons. The van der Waals surface area contributed by atoms with E-state index in [1.165, 1.54) is 0 Å². The maximum absolute atomic E-state index is 15.0. The number of rotatable bonds is 10. The minimum Gasteiger partial charge on any atom is -0.394 e. The number of thioether (sulfide) groups is 1. The van der Waals surface area contributed by atoms with Crippen LogP contribution in [0.4, 0.5) is 5.69 Å². The second-order valence-corrected chi connectivity index (χ2v) is 14.0. The number of likely N-dealkylation sites (tertiary alicyclic amines) is 1. The molecule has 2 aromatic rings. The fourth-order valence-corrected chi connectivity index (χ4v) is 9.83. The number of hydrogen-bond acceptors (Lipinski definition) is 5. The van der Waals surface area contributed by atoms with E-state index in [9.17, 15) is 14.7 Å². The van der Waals surface area contributed by atoms with Crippen LogP contribution in [0, 0.1) is 25.7 Å². The molecule has 8 heteroatoms. The zero-order valence-electron chi connectivity index (χ0n) is 25.0. The largest absolute Gasteiger partial charge is 0.394 e. The van der Waals surface area contributed by atoms with Crippen molar-refractivity contribution >= 4 is 35.2 Å². The average molecular weight is 588 g/mol. The second kappa shape index (κ2) is 11.4. The molecule has 3 aliphatic heterocycles. The first-order chi connectivity index (χ1) is 20.0. The first-order valence-electron chi connectivity index (χ1n) is 14.6. The summed E-state index contributed by atoms with van der Waals surface area (Å²) in [5, 5.41) is 10.8. The number of benzene rings is 2. The molecule has 3 heterocycles. The lowest BCUT2D eigenvalue weighted by Gasteiger charge is -2.40. The molecule has 2 unspecified atom stereocenters. The van der Waals surface area contributed by atoms with Crippen LogP contribution in [0.25, 0.3) is 0 Å². The molecule has 5 rings (SSSR count). The summed E-state index contributed by atoms with van der Waals surface area (Å²) in [5.74, 6) is -1.82. The third kappa shape index (κ3) is 4.60. The Hall–Kier alpha value is -3.36. The molecule has 2 aromatic carbocycles. The van der Waals surface area contributed by atoms with Gasteiger partial charge in [0.2, 0.25) is 11.8 Å². The van der Waals surface area contributed by atoms with Crippen LogP contribution in [0.15, 0.2) is 73.8 Å². The van der Waals surface area contributed by atoms with Crippen molar-refractivity contribution in [1.82, 2.24) is 9.80 Å². The molecular formula is C34H41N3O4S. The van der Waals surface area contributed by atoms with Gasteiger partial charge in [0.05, 0.1) is 29.2 Å². The third-order valence-electron chi connectivity index (χ3n) is 9.42. The molecule has 6 atom stereocenters. The van der Waals surface area contributed by atoms with E-state index in [1.54, 1.807) is 45.7 Å². The van der Waals surface area contributed by atoms with Crippen molar-refractivity contribution in [2.75, 3.05) is 31.6 Å². The maximum Gasteiger partial charge on any atom is 0.251 e. The van der Waals surface area contributed by atoms with Gasteiger partial charge in [-0.25, -0.2) is 0 Å². The Balaban J connectivity index is 1.69. The summed E-state index contributed by atoms with van der Waals surface area (Å²) in [6.07, 6.45) is 4.74. The van der Waals surface area contributed by atoms with E-state index < -0.39 is 33.4 Å². The molecule has 3 fully saturated rings. The summed E-state index contributed by atoms with van der Waals surface area (Å²) in [4.78, 5) is 48.7. The van der Waals surface area contributed by atoms with Gasteiger partial charge in [0, 0.05) is 30.6 Å². The lowest BCUT2D eigenvalue weighted by atomic mass is 9.66. The maximum atomic E-state index is 15.0. The van der Waals surface area contributed by atoms with Crippen LogP contribution in [0.2, 0.25) is 0 Å². The van der Waals surface area contributed by atoms with Crippen LogP contribution in [0.1, 0.15) is 42.5 Å². The normalized spacial score (nSPS) is 28.4. The predicted molar refractivity (Wildman–Crippen MR) is 168 cm³/mol. The number of fused-ring (bicyclic) bond motifs is 1. The topological polar surface area (TPSA) is 81.2 Å². The third-order valence-corrected chi connectivity index (χ3v) is 11.4. The van der Waals surface area contributed by atoms with E-state index in [0.717, 1.165) is 28.8 Å². The molecule has 42 heavy (non-hydrogen) atoms. The lowest BCUT2D eigenvalue weighted by molar-refractivity contribution is -0.146. The molecule has 3 amide bonds. The van der Waals surface area contributed by atoms with Crippen LogP contribution >= 0.6 is 11.8 Å². The SMILES string of the molecule is C=CCN(C)C(=O)[C@H]1[C@H]2C(=O)N([C@H](CO)c3ccccc3)C(C(=O)N(CC=C)c3cc(C)ccc3C)C23CC[C@]1(C)S3. The summed E-state index contributed by atoms with van der Waals surface area (Å²) in [6, 6.07) is 13.8. The van der Waals surface area contributed by atoms with Gasteiger partial charge in [-0.3, -0.25) is 14.4 Å². The fraction of sp³-hybridized carbons (Fsp3) is 0.441. The minimum atomic E-state index is -0.874. The van der Waals surface area contributed by atoms with E-state index in [2.05, 4.69) is 20.1 Å². The Bertz CT molecular complexity index is 1410. The van der Waals surface area contributed by atoms with Crippen molar-refractivity contribution in [3.63, 3.8) is 0 Å². The number of hydrogen-bond donors (Lipinski definition) is 1. The Kier molecular flexibility index (Phi) is 8.16. The van der Waals surface area contributed by atoms with Crippen molar-refractivity contribution in [3.05, 3.63) is 90.5 Å². The van der Waals surface area contributed by atoms with E-state index in [-0.39, 0.29) is 30.9 Å². The monoisotopic (exact) mass is 587 g/mol. The smallest absolute Gasteiger partial charge is 0.251 e. The number of aliphatic hydroxyl groups excluding tert-OH is 1. The molecule has 3 aliphatic rings. The van der Waals surface area contributed by atoms with Gasteiger partial charge in [-0.05, 0) is 56.4 Å². The molecular weight excluding hydrogens is 546 g/mol. The van der Waals surface area contributed by atoms with Crippen LogP contribution in [-0.2, 0) is 14.4 Å². The fourth-order valence-electron chi connectivity index (χ4n) is 7.50. The van der Waals surface area contributed by atoms with Gasteiger partial charge in [0.15, 0.2) is 0 Å². The van der Waals surface area contributed by atoms with E-state index in [0.29, 0.717) is 13.0 Å². The Morgan fingerprint density at radius 3 is 2.43 bits per heavy atom. The first kappa shape index (κ1) is 30.1. The second-order valence-electron chi connectivity index (χ2n) is 12.1. The van der Waals surface area contributed by atoms with Gasteiger partial charge in [-0.2, -0.15) is 0 Å². The number of carbonyl (C=O) groups excluding carboxylic acids is 3. The number of carbonyl (C=O) groups is 3. The molecule has 0 aromatic heterocycles. The standard InChI is InChI=1S/C34H41N3O4S/c1-7-18-35(6)30(39)27-28-31(40)37(26(21-38)24-12-10-9-11-13-24)29(34(28)17-16-33(27,5)42-34)32(41)36(19-8-2)25-20-22(3)14-15-23(25)4/h7-15,20,26-29,38H,1-2,16-19,21H2,3-6H3/t26-,27-,28+,29?,33+,34?/m1/s1. The van der Waals surface area contributed by atoms with Crippen molar-refractivity contribution < 1.29 is 19.5 Å². The van der Waals surface area contributed by atoms with Crippen molar-refractivity contribution in [2.24, 2.45) is 11.8 Å². The lowest BCUT2D eigenvalue weighted by Crippen LogP contribution is -2.56. The minimum absolute atomic E-state index is 0.101. The molecule has 0 saturated carbocycles. The number of likely N-dealkylation sites (N-methyl/N-ethyl adjacent to an activating group) is 1. The number of anilines is 1. The molecule has 1 spiro atoms. The van der Waals surface area contributed by atoms with Crippen molar-refractivity contribution in [2.45, 2.75) is 55.2 Å². The summed E-state index contributed by atoms with van der Waals surface area (Å²) >= 11 is 1.64. The Morgan fingerprint density at radius 1 is 1.10 bits per heavy atom. The number of aliphatic hydroxyl groups is 1. The van der Waals surface area contributed by atoms with Crippen molar-refractivity contribution in [3.8, 4) is 0 Å². The Labute approximate surface area is 253 Å². The van der Waals surface area contributed by atoms with Gasteiger partial charge in [0.1, 0.15) is 6.04 Å². The zero-order chi connectivity index (χ0) is 30.4. The number of aryl methyl sites for hydroxylation is 2. The van der Waals surface area contributed by atoms with E-state index in [4.69, 9.17) is 0 Å². The van der Waals surface area contributed by atoms with E-state index >= 15 is 4.79 Å². The highest BCUT2D eigenvalue weighted by Crippen LogP contribution is 2.72.